The maximum Gasteiger partial charge on any atom is 0.258 e. The number of fused-ring (bicyclic) bond motifs is 1. The van der Waals surface area contributed by atoms with Gasteiger partial charge < -0.3 is 5.32 Å². The van der Waals surface area contributed by atoms with Gasteiger partial charge in [-0.25, -0.2) is 4.98 Å². The number of aromatic nitrogens is 2. The molecule has 0 atom stereocenters. The Hall–Kier alpha value is -2.99. The second-order valence-corrected chi connectivity index (χ2v) is 8.12. The van der Waals surface area contributed by atoms with Crippen molar-refractivity contribution in [3.05, 3.63) is 81.9 Å². The number of hydrogen-bond donors (Lipinski definition) is 1. The van der Waals surface area contributed by atoms with Gasteiger partial charge in [0.05, 0.1) is 5.69 Å². The molecule has 6 heteroatoms. The summed E-state index contributed by atoms with van der Waals surface area (Å²) in [7, 11) is 0. The molecule has 1 amide bonds. The smallest absolute Gasteiger partial charge is 0.258 e. The van der Waals surface area contributed by atoms with Gasteiger partial charge in [0.2, 0.25) is 5.91 Å². The number of likely N-dealkylation sites (tertiary alicyclic amines) is 1. The average Bonchev–Trinajstić information content (AvgIpc) is 2.75. The molecule has 1 N–H and O–H groups in total. The van der Waals surface area contributed by atoms with E-state index in [2.05, 4.69) is 27.3 Å². The Morgan fingerprint density at radius 3 is 2.67 bits per heavy atom. The van der Waals surface area contributed by atoms with Crippen molar-refractivity contribution in [1.29, 1.82) is 0 Å². The summed E-state index contributed by atoms with van der Waals surface area (Å²) in [6, 6.07) is 15.8. The van der Waals surface area contributed by atoms with Crippen molar-refractivity contribution in [2.75, 3.05) is 13.1 Å². The number of pyridine rings is 1. The molecule has 0 unspecified atom stereocenters. The van der Waals surface area contributed by atoms with Crippen LogP contribution in [0.4, 0.5) is 0 Å². The molecule has 156 valence electrons. The van der Waals surface area contributed by atoms with Crippen LogP contribution >= 0.6 is 0 Å². The molecule has 0 spiro atoms. The van der Waals surface area contributed by atoms with E-state index >= 15 is 0 Å². The van der Waals surface area contributed by atoms with Crippen molar-refractivity contribution < 1.29 is 4.79 Å². The number of nitrogens with one attached hydrogen (secondary N) is 1. The molecule has 4 rings (SSSR count). The molecule has 2 aromatic heterocycles. The molecule has 0 aliphatic carbocycles. The molecule has 0 saturated carbocycles. The fraction of sp³-hybridized carbons (Fsp3) is 0.375. The Balaban J connectivity index is 1.26. The standard InChI is InChI=1S/C24H28N4O2/c1-18-7-9-22-25-21(15-24(30)28(22)16-18)17-27-13-11-20(12-14-27)26-23(29)10-8-19-5-3-2-4-6-19/h2-7,9,15-16,20H,8,10-14,17H2,1H3,(H,26,29). The van der Waals surface area contributed by atoms with Gasteiger partial charge in [-0.05, 0) is 43.4 Å². The Morgan fingerprint density at radius 2 is 1.90 bits per heavy atom. The normalized spacial score (nSPS) is 15.4. The lowest BCUT2D eigenvalue weighted by atomic mass is 10.0. The van der Waals surface area contributed by atoms with E-state index < -0.39 is 0 Å². The highest BCUT2D eigenvalue weighted by Gasteiger charge is 2.21. The number of carbonyl (C=O) groups is 1. The van der Waals surface area contributed by atoms with Crippen LogP contribution in [-0.4, -0.2) is 39.3 Å². The zero-order chi connectivity index (χ0) is 20.9. The summed E-state index contributed by atoms with van der Waals surface area (Å²) in [6.07, 6.45) is 4.95. The number of piperidine rings is 1. The van der Waals surface area contributed by atoms with Crippen LogP contribution < -0.4 is 10.9 Å². The Bertz CT molecular complexity index is 1070. The van der Waals surface area contributed by atoms with Gasteiger partial charge in [-0.2, -0.15) is 0 Å². The van der Waals surface area contributed by atoms with Gasteiger partial charge in [0.1, 0.15) is 5.65 Å². The van der Waals surface area contributed by atoms with Crippen LogP contribution in [-0.2, 0) is 17.8 Å². The largest absolute Gasteiger partial charge is 0.353 e. The lowest BCUT2D eigenvalue weighted by Crippen LogP contribution is -2.44. The first-order valence-corrected chi connectivity index (χ1v) is 10.6. The lowest BCUT2D eigenvalue weighted by molar-refractivity contribution is -0.122. The fourth-order valence-corrected chi connectivity index (χ4v) is 4.01. The van der Waals surface area contributed by atoms with Crippen LogP contribution in [0.2, 0.25) is 0 Å². The quantitative estimate of drug-likeness (QED) is 0.686. The fourth-order valence-electron chi connectivity index (χ4n) is 4.01. The minimum atomic E-state index is -0.0423. The average molecular weight is 405 g/mol. The van der Waals surface area contributed by atoms with Crippen LogP contribution in [0.15, 0.2) is 59.5 Å². The van der Waals surface area contributed by atoms with Gasteiger partial charge in [0.15, 0.2) is 0 Å². The summed E-state index contributed by atoms with van der Waals surface area (Å²) >= 11 is 0. The van der Waals surface area contributed by atoms with Crippen molar-refractivity contribution in [3.63, 3.8) is 0 Å². The molecular weight excluding hydrogens is 376 g/mol. The van der Waals surface area contributed by atoms with Crippen LogP contribution in [0, 0.1) is 6.92 Å². The van der Waals surface area contributed by atoms with E-state index in [0.717, 1.165) is 43.6 Å². The number of amides is 1. The monoisotopic (exact) mass is 404 g/mol. The minimum absolute atomic E-state index is 0.0423. The van der Waals surface area contributed by atoms with Crippen LogP contribution in [0.3, 0.4) is 0 Å². The predicted octanol–water partition coefficient (Wildman–Crippen LogP) is 2.72. The molecule has 1 aliphatic rings. The zero-order valence-corrected chi connectivity index (χ0v) is 17.4. The molecule has 3 aromatic rings. The molecule has 30 heavy (non-hydrogen) atoms. The van der Waals surface area contributed by atoms with Gasteiger partial charge >= 0.3 is 0 Å². The van der Waals surface area contributed by atoms with Crippen molar-refractivity contribution >= 4 is 11.6 Å². The number of rotatable bonds is 6. The summed E-state index contributed by atoms with van der Waals surface area (Å²) < 4.78 is 1.59. The van der Waals surface area contributed by atoms with Gasteiger partial charge in [-0.15, -0.1) is 0 Å². The van der Waals surface area contributed by atoms with Crippen LogP contribution in [0.25, 0.3) is 5.65 Å². The third-order valence-corrected chi connectivity index (χ3v) is 5.68. The summed E-state index contributed by atoms with van der Waals surface area (Å²) in [5.41, 5.74) is 3.67. The number of aryl methyl sites for hydroxylation is 2. The lowest BCUT2D eigenvalue weighted by Gasteiger charge is -2.32. The second-order valence-electron chi connectivity index (χ2n) is 8.12. The van der Waals surface area contributed by atoms with Crippen LogP contribution in [0.1, 0.15) is 36.1 Å². The predicted molar refractivity (Wildman–Crippen MR) is 117 cm³/mol. The van der Waals surface area contributed by atoms with E-state index in [-0.39, 0.29) is 17.5 Å². The Kier molecular flexibility index (Phi) is 6.23. The third kappa shape index (κ3) is 5.13. The first kappa shape index (κ1) is 20.3. The molecule has 0 radical (unpaired) electrons. The van der Waals surface area contributed by atoms with Crippen LogP contribution in [0.5, 0.6) is 0 Å². The maximum absolute atomic E-state index is 12.4. The van der Waals surface area contributed by atoms with Gasteiger partial charge in [0.25, 0.3) is 5.56 Å². The topological polar surface area (TPSA) is 66.7 Å². The first-order valence-electron chi connectivity index (χ1n) is 10.6. The molecule has 1 fully saturated rings. The number of hydrogen-bond acceptors (Lipinski definition) is 4. The zero-order valence-electron chi connectivity index (χ0n) is 17.4. The highest BCUT2D eigenvalue weighted by molar-refractivity contribution is 5.76. The molecule has 6 nitrogen and oxygen atoms in total. The number of nitrogens with zero attached hydrogens (tertiary/aromatic N) is 3. The summed E-state index contributed by atoms with van der Waals surface area (Å²) in [5.74, 6) is 0.122. The molecule has 0 bridgehead atoms. The Morgan fingerprint density at radius 1 is 1.13 bits per heavy atom. The van der Waals surface area contributed by atoms with Gasteiger partial charge in [-0.1, -0.05) is 36.4 Å². The van der Waals surface area contributed by atoms with Gasteiger partial charge in [0, 0.05) is 44.4 Å². The van der Waals surface area contributed by atoms with Crippen molar-refractivity contribution in [2.45, 2.75) is 45.2 Å². The molecule has 1 aromatic carbocycles. The number of benzene rings is 1. The second kappa shape index (κ2) is 9.22. The third-order valence-electron chi connectivity index (χ3n) is 5.68. The highest BCUT2D eigenvalue weighted by atomic mass is 16.1. The van der Waals surface area contributed by atoms with E-state index in [0.29, 0.717) is 18.6 Å². The molecule has 1 aliphatic heterocycles. The van der Waals surface area contributed by atoms with E-state index in [4.69, 9.17) is 0 Å². The SMILES string of the molecule is Cc1ccc2nc(CN3CCC(NC(=O)CCc4ccccc4)CC3)cc(=O)n2c1. The number of carbonyl (C=O) groups excluding carboxylic acids is 1. The van der Waals surface area contributed by atoms with E-state index in [1.807, 2.05) is 43.5 Å². The first-order chi connectivity index (χ1) is 14.6. The summed E-state index contributed by atoms with van der Waals surface area (Å²) in [6.45, 7) is 4.40. The molecule has 3 heterocycles. The Labute approximate surface area is 176 Å². The summed E-state index contributed by atoms with van der Waals surface area (Å²) in [5, 5.41) is 3.18. The van der Waals surface area contributed by atoms with E-state index in [9.17, 15) is 9.59 Å². The molecule has 1 saturated heterocycles. The van der Waals surface area contributed by atoms with Crippen molar-refractivity contribution in [2.24, 2.45) is 0 Å². The van der Waals surface area contributed by atoms with E-state index in [1.165, 1.54) is 5.56 Å². The van der Waals surface area contributed by atoms with Gasteiger partial charge in [-0.3, -0.25) is 18.9 Å². The minimum Gasteiger partial charge on any atom is -0.353 e. The highest BCUT2D eigenvalue weighted by Crippen LogP contribution is 2.14. The van der Waals surface area contributed by atoms with E-state index in [1.54, 1.807) is 10.5 Å². The van der Waals surface area contributed by atoms with Crippen molar-refractivity contribution in [3.8, 4) is 0 Å². The maximum atomic E-state index is 12.4. The van der Waals surface area contributed by atoms with Crippen molar-refractivity contribution in [1.82, 2.24) is 19.6 Å². The molecular formula is C24H28N4O2. The summed E-state index contributed by atoms with van der Waals surface area (Å²) in [4.78, 5) is 31.6.